The van der Waals surface area contributed by atoms with Gasteiger partial charge in [-0.1, -0.05) is 18.9 Å². The molecule has 0 radical (unpaired) electrons. The summed E-state index contributed by atoms with van der Waals surface area (Å²) in [5.74, 6) is 0.646. The SMILES string of the molecule is CCCn1nnc(NC(=S)NC(=O)c2ccc(O[C@H](C)CC)cc2)n1. The number of nitrogens with zero attached hydrogens (tertiary/aromatic N) is 4. The largest absolute Gasteiger partial charge is 0.491 e. The zero-order valence-corrected chi connectivity index (χ0v) is 15.3. The van der Waals surface area contributed by atoms with Gasteiger partial charge in [-0.25, -0.2) is 0 Å². The topological polar surface area (TPSA) is 94.0 Å². The van der Waals surface area contributed by atoms with Crippen LogP contribution in [-0.4, -0.2) is 37.3 Å². The molecule has 0 aliphatic rings. The third kappa shape index (κ3) is 5.79. The van der Waals surface area contributed by atoms with Gasteiger partial charge in [-0.2, -0.15) is 4.80 Å². The van der Waals surface area contributed by atoms with E-state index in [1.54, 1.807) is 24.3 Å². The van der Waals surface area contributed by atoms with Crippen molar-refractivity contribution in [1.82, 2.24) is 25.5 Å². The van der Waals surface area contributed by atoms with Gasteiger partial charge in [0.05, 0.1) is 12.6 Å². The Morgan fingerprint density at radius 1 is 1.32 bits per heavy atom. The van der Waals surface area contributed by atoms with Crippen LogP contribution < -0.4 is 15.4 Å². The van der Waals surface area contributed by atoms with Crippen molar-refractivity contribution in [1.29, 1.82) is 0 Å². The molecule has 0 saturated carbocycles. The number of anilines is 1. The van der Waals surface area contributed by atoms with Gasteiger partial charge in [0, 0.05) is 5.56 Å². The van der Waals surface area contributed by atoms with Gasteiger partial charge in [0.25, 0.3) is 11.9 Å². The molecule has 134 valence electrons. The van der Waals surface area contributed by atoms with Crippen LogP contribution in [0.5, 0.6) is 5.75 Å². The van der Waals surface area contributed by atoms with E-state index in [1.165, 1.54) is 4.80 Å². The first-order valence-electron chi connectivity index (χ1n) is 8.18. The van der Waals surface area contributed by atoms with E-state index >= 15 is 0 Å². The van der Waals surface area contributed by atoms with E-state index in [4.69, 9.17) is 17.0 Å². The number of carbonyl (C=O) groups excluding carboxylic acids is 1. The Morgan fingerprint density at radius 3 is 2.68 bits per heavy atom. The number of aryl methyl sites for hydroxylation is 1. The van der Waals surface area contributed by atoms with Gasteiger partial charge < -0.3 is 4.74 Å². The number of hydrogen-bond donors (Lipinski definition) is 2. The zero-order chi connectivity index (χ0) is 18.2. The summed E-state index contributed by atoms with van der Waals surface area (Å²) >= 11 is 5.10. The number of nitrogens with one attached hydrogen (secondary N) is 2. The average Bonchev–Trinajstić information content (AvgIpc) is 3.02. The highest BCUT2D eigenvalue weighted by atomic mass is 32.1. The fraction of sp³-hybridized carbons (Fsp3) is 0.438. The number of benzene rings is 1. The summed E-state index contributed by atoms with van der Waals surface area (Å²) in [6.07, 6.45) is 1.94. The van der Waals surface area contributed by atoms with Crippen molar-refractivity contribution < 1.29 is 9.53 Å². The molecule has 25 heavy (non-hydrogen) atoms. The summed E-state index contributed by atoms with van der Waals surface area (Å²) in [5, 5.41) is 17.2. The molecule has 2 aromatic rings. The fourth-order valence-corrected chi connectivity index (χ4v) is 2.08. The number of tetrazole rings is 1. The summed E-state index contributed by atoms with van der Waals surface area (Å²) in [4.78, 5) is 13.7. The molecule has 8 nitrogen and oxygen atoms in total. The maximum absolute atomic E-state index is 12.2. The summed E-state index contributed by atoms with van der Waals surface area (Å²) in [6.45, 7) is 6.73. The van der Waals surface area contributed by atoms with Crippen molar-refractivity contribution in [2.75, 3.05) is 5.32 Å². The highest BCUT2D eigenvalue weighted by Crippen LogP contribution is 2.14. The number of ether oxygens (including phenoxy) is 1. The summed E-state index contributed by atoms with van der Waals surface area (Å²) in [5.41, 5.74) is 0.475. The number of carbonyl (C=O) groups is 1. The Labute approximate surface area is 151 Å². The minimum absolute atomic E-state index is 0.112. The van der Waals surface area contributed by atoms with E-state index < -0.39 is 0 Å². The van der Waals surface area contributed by atoms with Crippen LogP contribution in [0.4, 0.5) is 5.95 Å². The van der Waals surface area contributed by atoms with E-state index in [-0.39, 0.29) is 23.1 Å². The van der Waals surface area contributed by atoms with Gasteiger partial charge in [0.1, 0.15) is 5.75 Å². The first-order valence-corrected chi connectivity index (χ1v) is 8.59. The summed E-state index contributed by atoms with van der Waals surface area (Å²) < 4.78 is 5.68. The zero-order valence-electron chi connectivity index (χ0n) is 14.5. The van der Waals surface area contributed by atoms with Crippen molar-refractivity contribution in [2.45, 2.75) is 46.3 Å². The van der Waals surface area contributed by atoms with Gasteiger partial charge in [-0.3, -0.25) is 15.4 Å². The van der Waals surface area contributed by atoms with Crippen molar-refractivity contribution in [3.05, 3.63) is 29.8 Å². The molecular formula is C16H22N6O2S. The van der Waals surface area contributed by atoms with Crippen LogP contribution >= 0.6 is 12.2 Å². The maximum Gasteiger partial charge on any atom is 0.269 e. The molecule has 0 spiro atoms. The standard InChI is InChI=1S/C16H22N6O2S/c1-4-10-22-20-15(19-21-22)18-16(25)17-14(23)12-6-8-13(9-7-12)24-11(3)5-2/h6-9,11H,4-5,10H2,1-3H3,(H2,17,18,20,23,25)/t11-/m1/s1. The van der Waals surface area contributed by atoms with Gasteiger partial charge in [-0.05, 0) is 61.5 Å². The first-order chi connectivity index (χ1) is 12.0. The molecule has 1 heterocycles. The van der Waals surface area contributed by atoms with Crippen LogP contribution in [0.2, 0.25) is 0 Å². The number of aromatic nitrogens is 4. The van der Waals surface area contributed by atoms with E-state index in [0.717, 1.165) is 18.6 Å². The van der Waals surface area contributed by atoms with Gasteiger partial charge >= 0.3 is 0 Å². The molecular weight excluding hydrogens is 340 g/mol. The molecule has 0 saturated heterocycles. The second-order valence-electron chi connectivity index (χ2n) is 5.48. The van der Waals surface area contributed by atoms with Gasteiger partial charge in [0.2, 0.25) is 0 Å². The fourth-order valence-electron chi connectivity index (χ4n) is 1.90. The van der Waals surface area contributed by atoms with Crippen molar-refractivity contribution in [3.8, 4) is 5.75 Å². The normalized spacial score (nSPS) is 11.6. The number of rotatable bonds is 7. The predicted molar refractivity (Wildman–Crippen MR) is 98.6 cm³/mol. The van der Waals surface area contributed by atoms with Crippen LogP contribution in [0.3, 0.4) is 0 Å². The van der Waals surface area contributed by atoms with E-state index in [1.807, 2.05) is 13.8 Å². The molecule has 0 bridgehead atoms. The summed E-state index contributed by atoms with van der Waals surface area (Å²) in [7, 11) is 0. The minimum atomic E-state index is -0.325. The lowest BCUT2D eigenvalue weighted by Crippen LogP contribution is -2.34. The third-order valence-electron chi connectivity index (χ3n) is 3.36. The maximum atomic E-state index is 12.2. The van der Waals surface area contributed by atoms with Crippen LogP contribution in [-0.2, 0) is 6.54 Å². The predicted octanol–water partition coefficient (Wildman–Crippen LogP) is 2.39. The quantitative estimate of drug-likeness (QED) is 0.730. The average molecular weight is 362 g/mol. The van der Waals surface area contributed by atoms with Crippen molar-refractivity contribution in [3.63, 3.8) is 0 Å². The van der Waals surface area contributed by atoms with Crippen LogP contribution in [0.25, 0.3) is 0 Å². The Balaban J connectivity index is 1.88. The van der Waals surface area contributed by atoms with E-state index in [0.29, 0.717) is 12.1 Å². The molecule has 2 rings (SSSR count). The third-order valence-corrected chi connectivity index (χ3v) is 3.56. The monoisotopic (exact) mass is 362 g/mol. The number of amides is 1. The summed E-state index contributed by atoms with van der Waals surface area (Å²) in [6, 6.07) is 6.89. The lowest BCUT2D eigenvalue weighted by molar-refractivity contribution is 0.0977. The Bertz CT molecular complexity index is 716. The Kier molecular flexibility index (Phi) is 6.81. The molecule has 1 aromatic carbocycles. The smallest absolute Gasteiger partial charge is 0.269 e. The number of thiocarbonyl (C=S) groups is 1. The Hall–Kier alpha value is -2.55. The van der Waals surface area contributed by atoms with Gasteiger partial charge in [0.15, 0.2) is 5.11 Å². The molecule has 0 aliphatic heterocycles. The highest BCUT2D eigenvalue weighted by Gasteiger charge is 2.11. The molecule has 0 unspecified atom stereocenters. The van der Waals surface area contributed by atoms with E-state index in [2.05, 4.69) is 33.0 Å². The van der Waals surface area contributed by atoms with Crippen molar-refractivity contribution in [2.24, 2.45) is 0 Å². The molecule has 1 amide bonds. The first kappa shape index (κ1) is 18.8. The van der Waals surface area contributed by atoms with Gasteiger partial charge in [-0.15, -0.1) is 5.10 Å². The molecule has 1 atom stereocenters. The van der Waals surface area contributed by atoms with E-state index in [9.17, 15) is 4.79 Å². The van der Waals surface area contributed by atoms with Crippen LogP contribution in [0.15, 0.2) is 24.3 Å². The molecule has 1 aromatic heterocycles. The second kappa shape index (κ2) is 9.07. The molecule has 9 heteroatoms. The Morgan fingerprint density at radius 2 is 2.04 bits per heavy atom. The lowest BCUT2D eigenvalue weighted by atomic mass is 10.2. The van der Waals surface area contributed by atoms with Crippen LogP contribution in [0.1, 0.15) is 44.0 Å². The van der Waals surface area contributed by atoms with Crippen molar-refractivity contribution >= 4 is 29.2 Å². The second-order valence-corrected chi connectivity index (χ2v) is 5.89. The minimum Gasteiger partial charge on any atom is -0.491 e. The molecule has 0 fully saturated rings. The van der Waals surface area contributed by atoms with Crippen LogP contribution in [0, 0.1) is 0 Å². The number of hydrogen-bond acceptors (Lipinski definition) is 6. The molecule has 0 aliphatic carbocycles. The molecule has 2 N–H and O–H groups in total. The highest BCUT2D eigenvalue weighted by molar-refractivity contribution is 7.80. The lowest BCUT2D eigenvalue weighted by Gasteiger charge is -2.12.